The summed E-state index contributed by atoms with van der Waals surface area (Å²) in [6, 6.07) is 11.2. The Bertz CT molecular complexity index is 1240. The van der Waals surface area contributed by atoms with Crippen molar-refractivity contribution in [1.82, 2.24) is 0 Å². The molecule has 4 rings (SSSR count). The number of phenolic OH excluding ortho intramolecular Hbond substituents is 3. The molecule has 0 aliphatic rings. The Balaban J connectivity index is 0.000000156. The van der Waals surface area contributed by atoms with Gasteiger partial charge in [0.05, 0.1) is 7.11 Å². The first-order valence-corrected chi connectivity index (χ1v) is 7.64. The second-order valence-electron chi connectivity index (χ2n) is 5.45. The average molecular weight is 370 g/mol. The molecule has 3 N–H and O–H groups in total. The van der Waals surface area contributed by atoms with E-state index in [1.807, 2.05) is 0 Å². The van der Waals surface area contributed by atoms with Crippen LogP contribution in [0.4, 0.5) is 0 Å². The van der Waals surface area contributed by atoms with Crippen LogP contribution < -0.4 is 16.0 Å². The maximum absolute atomic E-state index is 10.9. The van der Waals surface area contributed by atoms with Crippen molar-refractivity contribution in [1.29, 1.82) is 0 Å². The molecule has 0 saturated heterocycles. The fourth-order valence-corrected chi connectivity index (χ4v) is 2.34. The van der Waals surface area contributed by atoms with E-state index in [4.69, 9.17) is 23.8 Å². The Morgan fingerprint density at radius 3 is 1.74 bits per heavy atom. The monoisotopic (exact) mass is 370 g/mol. The minimum atomic E-state index is -0.488. The predicted molar refractivity (Wildman–Crippen MR) is 96.5 cm³/mol. The predicted octanol–water partition coefficient (Wildman–Crippen LogP) is 2.71. The van der Waals surface area contributed by atoms with E-state index in [1.165, 1.54) is 43.5 Å². The van der Waals surface area contributed by atoms with Gasteiger partial charge in [0.2, 0.25) is 0 Å². The molecule has 8 heteroatoms. The molecule has 8 nitrogen and oxygen atoms in total. The molecule has 0 atom stereocenters. The standard InChI is InChI=1S/C10H8O4.C9H6O4/c1-13-9-4-6-2-3-10(12)14-8(6)5-7(9)11;10-6-3-5-1-2-9(12)13-8(5)4-7(6)11/h2-5,11H,1H3;1-4,10-11H. The van der Waals surface area contributed by atoms with Gasteiger partial charge in [-0.05, 0) is 24.3 Å². The molecule has 0 amide bonds. The van der Waals surface area contributed by atoms with Gasteiger partial charge in [-0.25, -0.2) is 9.59 Å². The Hall–Kier alpha value is -3.94. The molecule has 0 fully saturated rings. The molecular formula is C19H14O8. The van der Waals surface area contributed by atoms with Crippen LogP contribution in [-0.2, 0) is 0 Å². The lowest BCUT2D eigenvalue weighted by Gasteiger charge is -2.03. The van der Waals surface area contributed by atoms with Crippen LogP contribution in [-0.4, -0.2) is 22.4 Å². The zero-order valence-electron chi connectivity index (χ0n) is 14.0. The minimum absolute atomic E-state index is 0.0469. The number of methoxy groups -OCH3 is 1. The third kappa shape index (κ3) is 3.84. The summed E-state index contributed by atoms with van der Waals surface area (Å²) in [5.74, 6) is -0.233. The molecule has 0 aliphatic heterocycles. The molecule has 0 radical (unpaired) electrons. The normalized spacial score (nSPS) is 10.4. The SMILES string of the molecule is COc1cc2ccc(=O)oc2cc1O.O=c1ccc2cc(O)c(O)cc2o1. The smallest absolute Gasteiger partial charge is 0.336 e. The number of phenols is 3. The van der Waals surface area contributed by atoms with Crippen LogP contribution in [0.2, 0.25) is 0 Å². The second-order valence-corrected chi connectivity index (χ2v) is 5.45. The van der Waals surface area contributed by atoms with Gasteiger partial charge in [0.15, 0.2) is 23.0 Å². The van der Waals surface area contributed by atoms with Gasteiger partial charge in [0.1, 0.15) is 11.2 Å². The van der Waals surface area contributed by atoms with Gasteiger partial charge in [-0.1, -0.05) is 0 Å². The van der Waals surface area contributed by atoms with Gasteiger partial charge in [0, 0.05) is 35.0 Å². The highest BCUT2D eigenvalue weighted by Gasteiger charge is 2.05. The van der Waals surface area contributed by atoms with E-state index in [-0.39, 0.29) is 22.8 Å². The van der Waals surface area contributed by atoms with Gasteiger partial charge in [-0.15, -0.1) is 0 Å². The zero-order valence-corrected chi connectivity index (χ0v) is 14.0. The molecular weight excluding hydrogens is 356 g/mol. The molecule has 4 aromatic rings. The molecule has 0 unspecified atom stereocenters. The molecule has 0 saturated carbocycles. The summed E-state index contributed by atoms with van der Waals surface area (Å²) in [6.45, 7) is 0. The van der Waals surface area contributed by atoms with Crippen LogP contribution in [0.3, 0.4) is 0 Å². The highest BCUT2D eigenvalue weighted by atomic mass is 16.5. The number of hydrogen-bond donors (Lipinski definition) is 3. The number of rotatable bonds is 1. The summed E-state index contributed by atoms with van der Waals surface area (Å²) in [6.07, 6.45) is 0. The number of aromatic hydroxyl groups is 3. The lowest BCUT2D eigenvalue weighted by Crippen LogP contribution is -1.94. The van der Waals surface area contributed by atoms with Crippen molar-refractivity contribution in [2.24, 2.45) is 0 Å². The van der Waals surface area contributed by atoms with E-state index in [9.17, 15) is 14.7 Å². The first-order chi connectivity index (χ1) is 12.9. The van der Waals surface area contributed by atoms with Gasteiger partial charge in [-0.3, -0.25) is 0 Å². The molecule has 0 spiro atoms. The summed E-state index contributed by atoms with van der Waals surface area (Å²) < 4.78 is 14.6. The lowest BCUT2D eigenvalue weighted by atomic mass is 10.2. The number of fused-ring (bicyclic) bond motifs is 2. The van der Waals surface area contributed by atoms with Crippen LogP contribution in [0, 0.1) is 0 Å². The first-order valence-electron chi connectivity index (χ1n) is 7.64. The van der Waals surface area contributed by atoms with E-state index >= 15 is 0 Å². The van der Waals surface area contributed by atoms with Crippen molar-refractivity contribution >= 4 is 21.9 Å². The molecule has 2 aromatic carbocycles. The molecule has 2 aromatic heterocycles. The van der Waals surface area contributed by atoms with E-state index in [0.717, 1.165) is 0 Å². The summed E-state index contributed by atoms with van der Waals surface area (Å²) >= 11 is 0. The van der Waals surface area contributed by atoms with Crippen molar-refractivity contribution < 1.29 is 28.9 Å². The fourth-order valence-electron chi connectivity index (χ4n) is 2.34. The van der Waals surface area contributed by atoms with Gasteiger partial charge in [0.25, 0.3) is 0 Å². The van der Waals surface area contributed by atoms with Crippen LogP contribution in [0.15, 0.2) is 67.0 Å². The third-order valence-corrected chi connectivity index (χ3v) is 3.64. The van der Waals surface area contributed by atoms with E-state index in [0.29, 0.717) is 22.1 Å². The number of benzene rings is 2. The summed E-state index contributed by atoms with van der Waals surface area (Å²) in [5.41, 5.74) is -0.335. The first kappa shape index (κ1) is 17.9. The van der Waals surface area contributed by atoms with Crippen molar-refractivity contribution in [3.05, 3.63) is 69.4 Å². The van der Waals surface area contributed by atoms with Crippen LogP contribution in [0.1, 0.15) is 0 Å². The quantitative estimate of drug-likeness (QED) is 0.344. The van der Waals surface area contributed by atoms with Crippen molar-refractivity contribution in [2.75, 3.05) is 7.11 Å². The lowest BCUT2D eigenvalue weighted by molar-refractivity contribution is 0.373. The largest absolute Gasteiger partial charge is 0.504 e. The van der Waals surface area contributed by atoms with Crippen molar-refractivity contribution in [3.63, 3.8) is 0 Å². The highest BCUT2D eigenvalue weighted by Crippen LogP contribution is 2.30. The number of ether oxygens (including phenoxy) is 1. The molecule has 27 heavy (non-hydrogen) atoms. The zero-order chi connectivity index (χ0) is 19.6. The molecule has 138 valence electrons. The maximum atomic E-state index is 10.9. The van der Waals surface area contributed by atoms with Gasteiger partial charge < -0.3 is 28.9 Å². The fraction of sp³-hybridized carbons (Fsp3) is 0.0526. The molecule has 0 bridgehead atoms. The number of hydrogen-bond acceptors (Lipinski definition) is 8. The van der Waals surface area contributed by atoms with Crippen molar-refractivity contribution in [2.45, 2.75) is 0 Å². The van der Waals surface area contributed by atoms with E-state index in [1.54, 1.807) is 12.1 Å². The maximum Gasteiger partial charge on any atom is 0.336 e. The van der Waals surface area contributed by atoms with Crippen LogP contribution in [0.25, 0.3) is 21.9 Å². The Morgan fingerprint density at radius 2 is 1.19 bits per heavy atom. The second kappa shape index (κ2) is 7.12. The third-order valence-electron chi connectivity index (χ3n) is 3.64. The minimum Gasteiger partial charge on any atom is -0.504 e. The summed E-state index contributed by atoms with van der Waals surface area (Å²) in [7, 11) is 1.46. The summed E-state index contributed by atoms with van der Waals surface area (Å²) in [5, 5.41) is 28.9. The summed E-state index contributed by atoms with van der Waals surface area (Å²) in [4.78, 5) is 21.6. The Kier molecular flexibility index (Phi) is 4.71. The van der Waals surface area contributed by atoms with Gasteiger partial charge >= 0.3 is 11.3 Å². The van der Waals surface area contributed by atoms with E-state index < -0.39 is 11.3 Å². The topological polar surface area (TPSA) is 130 Å². The Labute approximate surface area is 151 Å². The molecule has 0 aliphatic carbocycles. The van der Waals surface area contributed by atoms with Crippen LogP contribution in [0.5, 0.6) is 23.0 Å². The highest BCUT2D eigenvalue weighted by molar-refractivity contribution is 5.81. The van der Waals surface area contributed by atoms with Crippen molar-refractivity contribution in [3.8, 4) is 23.0 Å². The van der Waals surface area contributed by atoms with Crippen LogP contribution >= 0.6 is 0 Å². The average Bonchev–Trinajstić information content (AvgIpc) is 2.63. The van der Waals surface area contributed by atoms with Gasteiger partial charge in [-0.2, -0.15) is 0 Å². The van der Waals surface area contributed by atoms with E-state index in [2.05, 4.69) is 0 Å². The Morgan fingerprint density at radius 1 is 0.704 bits per heavy atom. The molecule has 2 heterocycles.